The molecule has 0 radical (unpaired) electrons. The van der Waals surface area contributed by atoms with Crippen LogP contribution in [0, 0.1) is 6.92 Å². The lowest BCUT2D eigenvalue weighted by Crippen LogP contribution is -2.43. The maximum Gasteiger partial charge on any atom is 0.358 e. The van der Waals surface area contributed by atoms with E-state index in [9.17, 15) is 9.59 Å². The van der Waals surface area contributed by atoms with Crippen LogP contribution in [0.1, 0.15) is 35.1 Å². The Hall–Kier alpha value is -1.63. The van der Waals surface area contributed by atoms with Crippen LogP contribution in [0.25, 0.3) is 0 Å². The molecule has 2 rings (SSSR count). The molecule has 2 heterocycles. The topological polar surface area (TPSA) is 71.5 Å². The molecule has 110 valence electrons. The summed E-state index contributed by atoms with van der Waals surface area (Å²) in [5.74, 6) is -0.212. The molecule has 1 fully saturated rings. The average Bonchev–Trinajstić information content (AvgIpc) is 2.75. The zero-order valence-electron chi connectivity index (χ0n) is 11.9. The number of thiazole rings is 1. The van der Waals surface area contributed by atoms with Crippen molar-refractivity contribution in [2.24, 2.45) is 0 Å². The third-order valence-corrected chi connectivity index (χ3v) is 4.12. The van der Waals surface area contributed by atoms with Gasteiger partial charge >= 0.3 is 5.97 Å². The Bertz CT molecular complexity index is 515. The van der Waals surface area contributed by atoms with Gasteiger partial charge in [0.15, 0.2) is 10.8 Å². The van der Waals surface area contributed by atoms with Gasteiger partial charge in [-0.3, -0.25) is 4.79 Å². The summed E-state index contributed by atoms with van der Waals surface area (Å²) in [5, 5.41) is 4.00. The first-order valence-electron chi connectivity index (χ1n) is 6.66. The van der Waals surface area contributed by atoms with Gasteiger partial charge in [-0.1, -0.05) is 0 Å². The number of amides is 1. The Balaban J connectivity index is 2.02. The summed E-state index contributed by atoms with van der Waals surface area (Å²) in [6.07, 6.45) is 1.33. The SMILES string of the molecule is CCOC(=O)c1nc(NC2CCC(=O)N(C)C2)sc1C. The number of hydrogen-bond acceptors (Lipinski definition) is 6. The predicted molar refractivity (Wildman–Crippen MR) is 77.1 cm³/mol. The van der Waals surface area contributed by atoms with Crippen LogP contribution < -0.4 is 5.32 Å². The molecule has 1 saturated heterocycles. The van der Waals surface area contributed by atoms with E-state index in [1.807, 2.05) is 6.92 Å². The molecule has 6 nitrogen and oxygen atoms in total. The van der Waals surface area contributed by atoms with Crippen molar-refractivity contribution in [3.05, 3.63) is 10.6 Å². The number of hydrogen-bond donors (Lipinski definition) is 1. The number of likely N-dealkylation sites (N-methyl/N-ethyl adjacent to an activating group) is 1. The molecule has 1 aliphatic rings. The second kappa shape index (κ2) is 6.21. The first kappa shape index (κ1) is 14.8. The molecule has 1 aromatic rings. The first-order valence-corrected chi connectivity index (χ1v) is 7.48. The van der Waals surface area contributed by atoms with Gasteiger partial charge < -0.3 is 15.0 Å². The van der Waals surface area contributed by atoms with E-state index >= 15 is 0 Å². The van der Waals surface area contributed by atoms with Gasteiger partial charge in [0, 0.05) is 30.9 Å². The lowest BCUT2D eigenvalue weighted by molar-refractivity contribution is -0.132. The number of aromatic nitrogens is 1. The van der Waals surface area contributed by atoms with Crippen molar-refractivity contribution in [1.29, 1.82) is 0 Å². The Morgan fingerprint density at radius 2 is 2.35 bits per heavy atom. The van der Waals surface area contributed by atoms with Crippen molar-refractivity contribution in [1.82, 2.24) is 9.88 Å². The van der Waals surface area contributed by atoms with E-state index < -0.39 is 0 Å². The molecule has 1 aliphatic heterocycles. The minimum absolute atomic E-state index is 0.172. The van der Waals surface area contributed by atoms with E-state index in [0.717, 1.165) is 11.3 Å². The van der Waals surface area contributed by atoms with Crippen LogP contribution in [0.3, 0.4) is 0 Å². The summed E-state index contributed by atoms with van der Waals surface area (Å²) in [5.41, 5.74) is 0.375. The largest absolute Gasteiger partial charge is 0.461 e. The van der Waals surface area contributed by atoms with Crippen LogP contribution in [0.2, 0.25) is 0 Å². The molecule has 20 heavy (non-hydrogen) atoms. The molecule has 0 bridgehead atoms. The van der Waals surface area contributed by atoms with Crippen LogP contribution >= 0.6 is 11.3 Å². The molecule has 0 saturated carbocycles. The Morgan fingerprint density at radius 3 is 3.00 bits per heavy atom. The van der Waals surface area contributed by atoms with E-state index in [2.05, 4.69) is 10.3 Å². The Labute approximate surface area is 122 Å². The molecular formula is C13H19N3O3S. The molecule has 1 unspecified atom stereocenters. The fourth-order valence-corrected chi connectivity index (χ4v) is 3.03. The number of nitrogens with zero attached hydrogens (tertiary/aromatic N) is 2. The third kappa shape index (κ3) is 3.27. The minimum Gasteiger partial charge on any atom is -0.461 e. The molecule has 0 aliphatic carbocycles. The average molecular weight is 297 g/mol. The lowest BCUT2D eigenvalue weighted by Gasteiger charge is -2.29. The highest BCUT2D eigenvalue weighted by Gasteiger charge is 2.24. The quantitative estimate of drug-likeness (QED) is 0.856. The van der Waals surface area contributed by atoms with Gasteiger partial charge in [0.1, 0.15) is 0 Å². The van der Waals surface area contributed by atoms with Gasteiger partial charge in [0.25, 0.3) is 0 Å². The van der Waals surface area contributed by atoms with Crippen molar-refractivity contribution in [2.75, 3.05) is 25.5 Å². The predicted octanol–water partition coefficient (Wildman–Crippen LogP) is 1.66. The van der Waals surface area contributed by atoms with Crippen LogP contribution in [0.5, 0.6) is 0 Å². The zero-order chi connectivity index (χ0) is 14.7. The molecule has 1 N–H and O–H groups in total. The number of piperidine rings is 1. The number of nitrogens with one attached hydrogen (secondary N) is 1. The molecular weight excluding hydrogens is 278 g/mol. The van der Waals surface area contributed by atoms with Crippen LogP contribution in [-0.4, -0.2) is 48.0 Å². The maximum atomic E-state index is 11.7. The summed E-state index contributed by atoms with van der Waals surface area (Å²) in [7, 11) is 1.80. The number of aryl methyl sites for hydroxylation is 1. The van der Waals surface area contributed by atoms with Crippen molar-refractivity contribution < 1.29 is 14.3 Å². The van der Waals surface area contributed by atoms with Gasteiger partial charge in [-0.05, 0) is 20.3 Å². The highest BCUT2D eigenvalue weighted by molar-refractivity contribution is 7.15. The summed E-state index contributed by atoms with van der Waals surface area (Å²) < 4.78 is 4.97. The maximum absolute atomic E-state index is 11.7. The fraction of sp³-hybridized carbons (Fsp3) is 0.615. The van der Waals surface area contributed by atoms with Crippen molar-refractivity contribution in [2.45, 2.75) is 32.7 Å². The second-order valence-corrected chi connectivity index (χ2v) is 6.00. The lowest BCUT2D eigenvalue weighted by atomic mass is 10.1. The van der Waals surface area contributed by atoms with Gasteiger partial charge in [0.05, 0.1) is 6.61 Å². The number of anilines is 1. The van der Waals surface area contributed by atoms with Gasteiger partial charge in [-0.2, -0.15) is 0 Å². The highest BCUT2D eigenvalue weighted by Crippen LogP contribution is 2.25. The molecule has 0 aromatic carbocycles. The first-order chi connectivity index (χ1) is 9.51. The number of carbonyl (C=O) groups is 2. The van der Waals surface area contributed by atoms with E-state index in [0.29, 0.717) is 30.4 Å². The monoisotopic (exact) mass is 297 g/mol. The van der Waals surface area contributed by atoms with E-state index in [4.69, 9.17) is 4.74 Å². The summed E-state index contributed by atoms with van der Waals surface area (Å²) in [6, 6.07) is 0.179. The van der Waals surface area contributed by atoms with Gasteiger partial charge in [-0.15, -0.1) is 11.3 Å². The van der Waals surface area contributed by atoms with Crippen LogP contribution in [0.15, 0.2) is 0 Å². The smallest absolute Gasteiger partial charge is 0.358 e. The standard InChI is InChI=1S/C13H19N3O3S/c1-4-19-12(18)11-8(2)20-13(15-11)14-9-5-6-10(17)16(3)7-9/h9H,4-7H2,1-3H3,(H,14,15). The molecule has 1 atom stereocenters. The number of likely N-dealkylation sites (tertiary alicyclic amines) is 1. The van der Waals surface area contributed by atoms with Crippen LogP contribution in [0.4, 0.5) is 5.13 Å². The molecule has 1 amide bonds. The molecule has 7 heteroatoms. The Morgan fingerprint density at radius 1 is 1.60 bits per heavy atom. The normalized spacial score (nSPS) is 19.1. The van der Waals surface area contributed by atoms with Crippen molar-refractivity contribution >= 4 is 28.3 Å². The number of ether oxygens (including phenoxy) is 1. The number of carbonyl (C=O) groups excluding carboxylic acids is 2. The highest BCUT2D eigenvalue weighted by atomic mass is 32.1. The van der Waals surface area contributed by atoms with E-state index in [1.54, 1.807) is 18.9 Å². The number of esters is 1. The van der Waals surface area contributed by atoms with E-state index in [1.165, 1.54) is 11.3 Å². The van der Waals surface area contributed by atoms with E-state index in [-0.39, 0.29) is 17.9 Å². The van der Waals surface area contributed by atoms with Crippen molar-refractivity contribution in [3.8, 4) is 0 Å². The van der Waals surface area contributed by atoms with Crippen LogP contribution in [-0.2, 0) is 9.53 Å². The van der Waals surface area contributed by atoms with Gasteiger partial charge in [-0.25, -0.2) is 9.78 Å². The summed E-state index contributed by atoms with van der Waals surface area (Å²) in [6.45, 7) is 4.62. The van der Waals surface area contributed by atoms with Gasteiger partial charge in [0.2, 0.25) is 5.91 Å². The molecule has 0 spiro atoms. The minimum atomic E-state index is -0.384. The summed E-state index contributed by atoms with van der Waals surface area (Å²) >= 11 is 1.44. The zero-order valence-corrected chi connectivity index (χ0v) is 12.7. The third-order valence-electron chi connectivity index (χ3n) is 3.22. The summed E-state index contributed by atoms with van der Waals surface area (Å²) in [4.78, 5) is 30.0. The Kier molecular flexibility index (Phi) is 4.59. The fourth-order valence-electron chi connectivity index (χ4n) is 2.15. The van der Waals surface area contributed by atoms with Crippen molar-refractivity contribution in [3.63, 3.8) is 0 Å². The molecule has 1 aromatic heterocycles. The number of rotatable bonds is 4. The second-order valence-electron chi connectivity index (χ2n) is 4.80.